The number of hydrogen-bond acceptors (Lipinski definition) is 2. The van der Waals surface area contributed by atoms with E-state index in [1.807, 2.05) is 58.0 Å². The third-order valence-electron chi connectivity index (χ3n) is 3.17. The van der Waals surface area contributed by atoms with Gasteiger partial charge in [-0.25, -0.2) is 0 Å². The molecule has 3 heteroatoms. The minimum Gasteiger partial charge on any atom is -0.491 e. The molecule has 2 rings (SSSR count). The average Bonchev–Trinajstić information content (AvgIpc) is 2.65. The Kier molecular flexibility index (Phi) is 3.96. The molecule has 0 saturated carbocycles. The Balaban J connectivity index is 2.34. The zero-order valence-electron chi connectivity index (χ0n) is 12.0. The molecule has 3 nitrogen and oxygen atoms in total. The molecular formula is C16H21NO2. The van der Waals surface area contributed by atoms with Crippen LogP contribution < -0.4 is 4.74 Å². The fourth-order valence-corrected chi connectivity index (χ4v) is 2.33. The summed E-state index contributed by atoms with van der Waals surface area (Å²) in [6, 6.07) is 10.1. The summed E-state index contributed by atoms with van der Waals surface area (Å²) < 4.78 is 7.79. The molecule has 0 saturated heterocycles. The Bertz CT molecular complexity index is 553. The lowest BCUT2D eigenvalue weighted by atomic mass is 10.2. The lowest BCUT2D eigenvalue weighted by Crippen LogP contribution is -2.05. The van der Waals surface area contributed by atoms with E-state index in [2.05, 4.69) is 4.57 Å². The molecule has 0 amide bonds. The summed E-state index contributed by atoms with van der Waals surface area (Å²) in [6.45, 7) is 8.18. The lowest BCUT2D eigenvalue weighted by Gasteiger charge is -2.13. The van der Waals surface area contributed by atoms with Crippen LogP contribution in [0.15, 0.2) is 30.3 Å². The summed E-state index contributed by atoms with van der Waals surface area (Å²) in [5.74, 6) is 0.878. The minimum atomic E-state index is 0.0776. The minimum absolute atomic E-state index is 0.0776. The van der Waals surface area contributed by atoms with E-state index in [-0.39, 0.29) is 12.7 Å². The van der Waals surface area contributed by atoms with E-state index in [1.165, 1.54) is 0 Å². The van der Waals surface area contributed by atoms with Gasteiger partial charge in [-0.05, 0) is 63.6 Å². The van der Waals surface area contributed by atoms with Crippen molar-refractivity contribution in [3.8, 4) is 11.4 Å². The van der Waals surface area contributed by atoms with Gasteiger partial charge < -0.3 is 14.4 Å². The number of aliphatic hydroxyl groups is 1. The maximum Gasteiger partial charge on any atom is 0.119 e. The fourth-order valence-electron chi connectivity index (χ4n) is 2.33. The van der Waals surface area contributed by atoms with E-state index in [1.54, 1.807) is 0 Å². The second kappa shape index (κ2) is 5.49. The van der Waals surface area contributed by atoms with Gasteiger partial charge in [-0.2, -0.15) is 0 Å². The maximum absolute atomic E-state index is 9.31. The van der Waals surface area contributed by atoms with E-state index in [4.69, 9.17) is 4.74 Å². The first-order valence-electron chi connectivity index (χ1n) is 6.58. The van der Waals surface area contributed by atoms with Crippen molar-refractivity contribution in [3.05, 3.63) is 47.3 Å². The third kappa shape index (κ3) is 2.82. The summed E-state index contributed by atoms with van der Waals surface area (Å²) in [7, 11) is 0. The van der Waals surface area contributed by atoms with Crippen LogP contribution in [0.1, 0.15) is 30.8 Å². The van der Waals surface area contributed by atoms with Crippen molar-refractivity contribution < 1.29 is 9.84 Å². The molecule has 0 atom stereocenters. The third-order valence-corrected chi connectivity index (χ3v) is 3.17. The van der Waals surface area contributed by atoms with E-state index < -0.39 is 0 Å². The van der Waals surface area contributed by atoms with Crippen LogP contribution in [0, 0.1) is 13.8 Å². The van der Waals surface area contributed by atoms with Gasteiger partial charge in [0.05, 0.1) is 12.7 Å². The van der Waals surface area contributed by atoms with E-state index >= 15 is 0 Å². The van der Waals surface area contributed by atoms with Crippen LogP contribution in [0.4, 0.5) is 0 Å². The Hall–Kier alpha value is -1.74. The van der Waals surface area contributed by atoms with Gasteiger partial charge in [0.25, 0.3) is 0 Å². The predicted octanol–water partition coefficient (Wildman–Crippen LogP) is 3.37. The van der Waals surface area contributed by atoms with E-state index in [0.717, 1.165) is 28.4 Å². The SMILES string of the molecule is Cc1cc(CO)c(C)n1-c1ccc(OC(C)C)cc1. The molecule has 0 fully saturated rings. The highest BCUT2D eigenvalue weighted by atomic mass is 16.5. The monoisotopic (exact) mass is 259 g/mol. The van der Waals surface area contributed by atoms with Gasteiger partial charge in [0.2, 0.25) is 0 Å². The first-order chi connectivity index (χ1) is 9.02. The summed E-state index contributed by atoms with van der Waals surface area (Å²) in [5.41, 5.74) is 4.27. The van der Waals surface area contributed by atoms with Crippen LogP contribution in [0.2, 0.25) is 0 Å². The largest absolute Gasteiger partial charge is 0.491 e. The van der Waals surface area contributed by atoms with E-state index in [0.29, 0.717) is 0 Å². The summed E-state index contributed by atoms with van der Waals surface area (Å²) in [4.78, 5) is 0. The second-order valence-electron chi connectivity index (χ2n) is 5.05. The number of hydrogen-bond donors (Lipinski definition) is 1. The molecule has 0 bridgehead atoms. The van der Waals surface area contributed by atoms with Crippen LogP contribution in [0.3, 0.4) is 0 Å². The highest BCUT2D eigenvalue weighted by molar-refractivity contribution is 5.43. The van der Waals surface area contributed by atoms with Gasteiger partial charge in [0.1, 0.15) is 5.75 Å². The molecule has 1 N–H and O–H groups in total. The smallest absolute Gasteiger partial charge is 0.119 e. The molecule has 0 unspecified atom stereocenters. The van der Waals surface area contributed by atoms with Crippen LogP contribution >= 0.6 is 0 Å². The molecule has 0 aliphatic carbocycles. The van der Waals surface area contributed by atoms with Crippen LogP contribution in [0.5, 0.6) is 5.75 Å². The number of rotatable bonds is 4. The predicted molar refractivity (Wildman–Crippen MR) is 76.9 cm³/mol. The normalized spacial score (nSPS) is 11.1. The molecule has 102 valence electrons. The first-order valence-corrected chi connectivity index (χ1v) is 6.58. The van der Waals surface area contributed by atoms with Gasteiger partial charge in [-0.1, -0.05) is 0 Å². The molecule has 1 heterocycles. The van der Waals surface area contributed by atoms with Gasteiger partial charge in [0.15, 0.2) is 0 Å². The Morgan fingerprint density at radius 1 is 1.16 bits per heavy atom. The van der Waals surface area contributed by atoms with Crippen molar-refractivity contribution in [3.63, 3.8) is 0 Å². The molecule has 0 aliphatic rings. The topological polar surface area (TPSA) is 34.4 Å². The lowest BCUT2D eigenvalue weighted by molar-refractivity contribution is 0.242. The quantitative estimate of drug-likeness (QED) is 0.913. The Morgan fingerprint density at radius 2 is 1.79 bits per heavy atom. The summed E-state index contributed by atoms with van der Waals surface area (Å²) >= 11 is 0. The second-order valence-corrected chi connectivity index (χ2v) is 5.05. The first kappa shape index (κ1) is 13.7. The average molecular weight is 259 g/mol. The molecule has 1 aromatic heterocycles. The van der Waals surface area contributed by atoms with Crippen LogP contribution in [-0.4, -0.2) is 15.8 Å². The number of ether oxygens (including phenoxy) is 1. The van der Waals surface area contributed by atoms with Crippen molar-refractivity contribution in [1.29, 1.82) is 0 Å². The van der Waals surface area contributed by atoms with Crippen molar-refractivity contribution >= 4 is 0 Å². The standard InChI is InChI=1S/C16H21NO2/c1-11(2)19-16-7-5-15(6-8-16)17-12(3)9-14(10-18)13(17)4/h5-9,11,18H,10H2,1-4H3. The number of aryl methyl sites for hydroxylation is 1. The van der Waals surface area contributed by atoms with Gasteiger partial charge >= 0.3 is 0 Å². The molecule has 1 aromatic carbocycles. The van der Waals surface area contributed by atoms with Gasteiger partial charge in [-0.15, -0.1) is 0 Å². The molecule has 0 spiro atoms. The fraction of sp³-hybridized carbons (Fsp3) is 0.375. The summed E-state index contributed by atoms with van der Waals surface area (Å²) in [6.07, 6.45) is 0.182. The highest BCUT2D eigenvalue weighted by Crippen LogP contribution is 2.23. The number of nitrogens with zero attached hydrogens (tertiary/aromatic N) is 1. The summed E-state index contributed by atoms with van der Waals surface area (Å²) in [5, 5.41) is 9.31. The van der Waals surface area contributed by atoms with Gasteiger partial charge in [-0.3, -0.25) is 0 Å². The van der Waals surface area contributed by atoms with Crippen LogP contribution in [0.25, 0.3) is 5.69 Å². The number of aromatic nitrogens is 1. The molecule has 19 heavy (non-hydrogen) atoms. The highest BCUT2D eigenvalue weighted by Gasteiger charge is 2.10. The number of aliphatic hydroxyl groups excluding tert-OH is 1. The van der Waals surface area contributed by atoms with Crippen molar-refractivity contribution in [2.75, 3.05) is 0 Å². The van der Waals surface area contributed by atoms with Crippen LogP contribution in [-0.2, 0) is 6.61 Å². The van der Waals surface area contributed by atoms with Crippen molar-refractivity contribution in [2.45, 2.75) is 40.4 Å². The zero-order chi connectivity index (χ0) is 14.0. The maximum atomic E-state index is 9.31. The van der Waals surface area contributed by atoms with Gasteiger partial charge in [0, 0.05) is 17.1 Å². The number of benzene rings is 1. The Morgan fingerprint density at radius 3 is 2.26 bits per heavy atom. The molecule has 0 aliphatic heterocycles. The molecule has 0 radical (unpaired) electrons. The Labute approximate surface area is 114 Å². The molecular weight excluding hydrogens is 238 g/mol. The van der Waals surface area contributed by atoms with E-state index in [9.17, 15) is 5.11 Å². The molecule has 2 aromatic rings. The zero-order valence-corrected chi connectivity index (χ0v) is 12.0. The van der Waals surface area contributed by atoms with Crippen molar-refractivity contribution in [2.24, 2.45) is 0 Å². The van der Waals surface area contributed by atoms with Crippen molar-refractivity contribution in [1.82, 2.24) is 4.57 Å².